The van der Waals surface area contributed by atoms with Gasteiger partial charge in [0.15, 0.2) is 5.96 Å². The predicted molar refractivity (Wildman–Crippen MR) is 120 cm³/mol. The zero-order valence-electron chi connectivity index (χ0n) is 18.2. The monoisotopic (exact) mass is 427 g/mol. The van der Waals surface area contributed by atoms with Gasteiger partial charge in [-0.1, -0.05) is 25.7 Å². The first-order chi connectivity index (χ1) is 14.0. The molecule has 0 atom stereocenters. The molecule has 0 aromatic rings. The van der Waals surface area contributed by atoms with Crippen LogP contribution in [-0.4, -0.2) is 70.8 Å². The largest absolute Gasteiger partial charge is 0.355 e. The number of likely N-dealkylation sites (tertiary alicyclic amines) is 1. The van der Waals surface area contributed by atoms with Gasteiger partial charge in [0, 0.05) is 45.8 Å². The van der Waals surface area contributed by atoms with Crippen LogP contribution in [0.25, 0.3) is 0 Å². The molecule has 0 bridgehead atoms. The summed E-state index contributed by atoms with van der Waals surface area (Å²) in [4.78, 5) is 6.91. The minimum Gasteiger partial charge on any atom is -0.355 e. The Bertz CT molecular complexity index is 607. The van der Waals surface area contributed by atoms with E-state index in [-0.39, 0.29) is 5.75 Å². The average molecular weight is 428 g/mol. The van der Waals surface area contributed by atoms with E-state index in [1.54, 1.807) is 7.05 Å². The van der Waals surface area contributed by atoms with Crippen LogP contribution in [0.1, 0.15) is 64.2 Å². The summed E-state index contributed by atoms with van der Waals surface area (Å²) in [6.45, 7) is 4.52. The molecule has 7 nitrogen and oxygen atoms in total. The van der Waals surface area contributed by atoms with Crippen LogP contribution in [0.2, 0.25) is 0 Å². The van der Waals surface area contributed by atoms with E-state index in [0.717, 1.165) is 44.7 Å². The van der Waals surface area contributed by atoms with E-state index in [1.807, 2.05) is 0 Å². The summed E-state index contributed by atoms with van der Waals surface area (Å²) in [7, 11) is -1.47. The summed E-state index contributed by atoms with van der Waals surface area (Å²) in [5.74, 6) is 2.24. The minimum atomic E-state index is -3.21. The Morgan fingerprint density at radius 2 is 1.66 bits per heavy atom. The molecule has 0 unspecified atom stereocenters. The van der Waals surface area contributed by atoms with Crippen molar-refractivity contribution in [3.05, 3.63) is 0 Å². The first-order valence-corrected chi connectivity index (χ1v) is 13.4. The summed E-state index contributed by atoms with van der Waals surface area (Å²) in [5, 5.41) is 6.65. The van der Waals surface area contributed by atoms with Gasteiger partial charge in [0.25, 0.3) is 0 Å². The molecule has 3 fully saturated rings. The number of nitrogens with one attached hydrogen (secondary N) is 3. The highest BCUT2D eigenvalue weighted by Gasteiger charge is 2.24. The molecule has 0 aromatic carbocycles. The third-order valence-corrected chi connectivity index (χ3v) is 8.22. The van der Waals surface area contributed by atoms with Crippen molar-refractivity contribution in [1.29, 1.82) is 0 Å². The molecular weight excluding hydrogens is 386 g/mol. The Balaban J connectivity index is 1.29. The van der Waals surface area contributed by atoms with Gasteiger partial charge >= 0.3 is 0 Å². The van der Waals surface area contributed by atoms with Crippen LogP contribution in [0.4, 0.5) is 0 Å². The quantitative estimate of drug-likeness (QED) is 0.387. The Labute approximate surface area is 177 Å². The molecule has 2 saturated carbocycles. The average Bonchev–Trinajstić information content (AvgIpc) is 2.68. The van der Waals surface area contributed by atoms with E-state index in [0.29, 0.717) is 31.0 Å². The molecule has 0 amide bonds. The van der Waals surface area contributed by atoms with Gasteiger partial charge in [-0.2, -0.15) is 0 Å². The second-order valence-corrected chi connectivity index (χ2v) is 11.1. The van der Waals surface area contributed by atoms with Crippen molar-refractivity contribution in [1.82, 2.24) is 20.3 Å². The van der Waals surface area contributed by atoms with Gasteiger partial charge in [-0.25, -0.2) is 13.1 Å². The molecular formula is C21H41N5O2S. The van der Waals surface area contributed by atoms with Crippen LogP contribution in [-0.2, 0) is 10.0 Å². The molecule has 3 N–H and O–H groups in total. The SMILES string of the molecule is CN=C(NCCS(=O)(=O)NCC1CCC1)NC1CCN(CC2CCCCC2)CC1. The molecule has 3 aliphatic rings. The van der Waals surface area contributed by atoms with E-state index >= 15 is 0 Å². The number of nitrogens with zero attached hydrogens (tertiary/aromatic N) is 2. The molecule has 29 heavy (non-hydrogen) atoms. The molecule has 0 spiro atoms. The molecule has 1 heterocycles. The Kier molecular flexibility index (Phi) is 9.06. The molecule has 1 saturated heterocycles. The summed E-state index contributed by atoms with van der Waals surface area (Å²) < 4.78 is 27.0. The van der Waals surface area contributed by atoms with Crippen LogP contribution in [0.5, 0.6) is 0 Å². The molecule has 8 heteroatoms. The smallest absolute Gasteiger partial charge is 0.213 e. The summed E-state index contributed by atoms with van der Waals surface area (Å²) in [6.07, 6.45) is 12.8. The molecule has 1 aliphatic heterocycles. The standard InChI is InChI=1S/C21H41N5O2S/c1-22-21(23-12-15-29(27,28)24-16-18-8-5-9-18)25-20-10-13-26(14-11-20)17-19-6-3-2-4-7-19/h18-20,24H,2-17H2,1H3,(H2,22,23,25). The predicted octanol–water partition coefficient (Wildman–Crippen LogP) is 1.92. The number of hydrogen-bond donors (Lipinski definition) is 3. The normalized spacial score (nSPS) is 23.7. The summed E-state index contributed by atoms with van der Waals surface area (Å²) in [5.41, 5.74) is 0. The summed E-state index contributed by atoms with van der Waals surface area (Å²) in [6, 6.07) is 0.414. The van der Waals surface area contributed by atoms with Crippen LogP contribution in [0.3, 0.4) is 0 Å². The van der Waals surface area contributed by atoms with Crippen molar-refractivity contribution in [3.8, 4) is 0 Å². The minimum absolute atomic E-state index is 0.0836. The molecule has 168 valence electrons. The fourth-order valence-corrected chi connectivity index (χ4v) is 5.71. The van der Waals surface area contributed by atoms with Gasteiger partial charge in [-0.15, -0.1) is 0 Å². The van der Waals surface area contributed by atoms with Gasteiger partial charge < -0.3 is 15.5 Å². The van der Waals surface area contributed by atoms with Crippen LogP contribution >= 0.6 is 0 Å². The maximum absolute atomic E-state index is 12.1. The first kappa shape index (κ1) is 22.8. The summed E-state index contributed by atoms with van der Waals surface area (Å²) >= 11 is 0. The third kappa shape index (κ3) is 8.06. The zero-order valence-corrected chi connectivity index (χ0v) is 19.0. The number of aliphatic imine (C=N–C) groups is 1. The number of sulfonamides is 1. The van der Waals surface area contributed by atoms with Crippen molar-refractivity contribution in [2.24, 2.45) is 16.8 Å². The maximum atomic E-state index is 12.1. The van der Waals surface area contributed by atoms with Crippen molar-refractivity contribution >= 4 is 16.0 Å². The second kappa shape index (κ2) is 11.5. The van der Waals surface area contributed by atoms with E-state index in [4.69, 9.17) is 0 Å². The van der Waals surface area contributed by atoms with Crippen molar-refractivity contribution in [2.45, 2.75) is 70.3 Å². The van der Waals surface area contributed by atoms with Crippen molar-refractivity contribution in [2.75, 3.05) is 45.5 Å². The van der Waals surface area contributed by atoms with Crippen LogP contribution < -0.4 is 15.4 Å². The fraction of sp³-hybridized carbons (Fsp3) is 0.952. The highest BCUT2D eigenvalue weighted by atomic mass is 32.2. The molecule has 2 aliphatic carbocycles. The molecule has 0 radical (unpaired) electrons. The van der Waals surface area contributed by atoms with Crippen LogP contribution in [0.15, 0.2) is 4.99 Å². The van der Waals surface area contributed by atoms with E-state index in [1.165, 1.54) is 45.1 Å². The van der Waals surface area contributed by atoms with Crippen molar-refractivity contribution < 1.29 is 8.42 Å². The number of piperidine rings is 1. The lowest BCUT2D eigenvalue weighted by atomic mass is 9.86. The van der Waals surface area contributed by atoms with E-state index < -0.39 is 10.0 Å². The lowest BCUT2D eigenvalue weighted by Crippen LogP contribution is -2.50. The molecule has 0 aromatic heterocycles. The fourth-order valence-electron chi connectivity index (χ4n) is 4.70. The Hall–Kier alpha value is -0.860. The van der Waals surface area contributed by atoms with E-state index in [9.17, 15) is 8.42 Å². The number of guanidine groups is 1. The maximum Gasteiger partial charge on any atom is 0.213 e. The number of hydrogen-bond acceptors (Lipinski definition) is 4. The van der Waals surface area contributed by atoms with E-state index in [2.05, 4.69) is 25.2 Å². The zero-order chi connectivity index (χ0) is 20.5. The van der Waals surface area contributed by atoms with Crippen molar-refractivity contribution in [3.63, 3.8) is 0 Å². The Morgan fingerprint density at radius 1 is 0.966 bits per heavy atom. The highest BCUT2D eigenvalue weighted by Crippen LogP contribution is 2.26. The third-order valence-electron chi connectivity index (χ3n) is 6.87. The lowest BCUT2D eigenvalue weighted by Gasteiger charge is -2.36. The van der Waals surface area contributed by atoms with Crippen LogP contribution in [0, 0.1) is 11.8 Å². The highest BCUT2D eigenvalue weighted by molar-refractivity contribution is 7.89. The second-order valence-electron chi connectivity index (χ2n) is 9.19. The van der Waals surface area contributed by atoms with Gasteiger partial charge in [0.1, 0.15) is 0 Å². The lowest BCUT2D eigenvalue weighted by molar-refractivity contribution is 0.160. The topological polar surface area (TPSA) is 85.8 Å². The van der Waals surface area contributed by atoms with Gasteiger partial charge in [0.2, 0.25) is 10.0 Å². The van der Waals surface area contributed by atoms with Gasteiger partial charge in [-0.3, -0.25) is 4.99 Å². The Morgan fingerprint density at radius 3 is 2.28 bits per heavy atom. The number of rotatable bonds is 9. The van der Waals surface area contributed by atoms with Gasteiger partial charge in [0.05, 0.1) is 5.75 Å². The first-order valence-electron chi connectivity index (χ1n) is 11.7. The van der Waals surface area contributed by atoms with Gasteiger partial charge in [-0.05, 0) is 50.4 Å². The molecule has 3 rings (SSSR count).